The first kappa shape index (κ1) is 13.4. The number of hydrogen-bond donors (Lipinski definition) is 1. The van der Waals surface area contributed by atoms with Crippen LogP contribution >= 0.6 is 0 Å². The van der Waals surface area contributed by atoms with E-state index in [1.54, 1.807) is 0 Å². The molecule has 0 aromatic heterocycles. The lowest BCUT2D eigenvalue weighted by Gasteiger charge is -2.14. The smallest absolute Gasteiger partial charge is 0.165 e. The maximum absolute atomic E-state index is 13.6. The molecule has 0 aliphatic heterocycles. The Morgan fingerprint density at radius 2 is 1.74 bits per heavy atom. The van der Waals surface area contributed by atoms with Gasteiger partial charge >= 0.3 is 0 Å². The van der Waals surface area contributed by atoms with E-state index in [-0.39, 0.29) is 11.3 Å². The van der Waals surface area contributed by atoms with Crippen LogP contribution in [0.15, 0.2) is 36.4 Å². The third-order valence-electron chi connectivity index (χ3n) is 2.83. The van der Waals surface area contributed by atoms with E-state index in [0.717, 1.165) is 12.1 Å². The number of rotatable bonds is 3. The number of benzene rings is 2. The Balaban J connectivity index is 2.40. The van der Waals surface area contributed by atoms with Gasteiger partial charge in [0.2, 0.25) is 0 Å². The Hall–Kier alpha value is -2.01. The fourth-order valence-electron chi connectivity index (χ4n) is 1.80. The highest BCUT2D eigenvalue weighted by molar-refractivity contribution is 5.37. The molecule has 100 valence electrons. The van der Waals surface area contributed by atoms with Crippen LogP contribution in [0.2, 0.25) is 0 Å². The van der Waals surface area contributed by atoms with Gasteiger partial charge in [-0.3, -0.25) is 0 Å². The van der Waals surface area contributed by atoms with Gasteiger partial charge in [-0.05, 0) is 23.8 Å². The molecule has 2 nitrogen and oxygen atoms in total. The summed E-state index contributed by atoms with van der Waals surface area (Å²) < 4.78 is 44.6. The third kappa shape index (κ3) is 2.71. The third-order valence-corrected chi connectivity index (χ3v) is 2.83. The standard InChI is InChI=1S/C14H12F3NO/c1-19-13-6-8(2-5-11(13)16)14(18)10-4-3-9(15)7-12(10)17/h2-7,14H,18H2,1H3. The van der Waals surface area contributed by atoms with Crippen LogP contribution in [-0.2, 0) is 0 Å². The number of ether oxygens (including phenoxy) is 1. The van der Waals surface area contributed by atoms with Crippen LogP contribution in [0, 0.1) is 17.5 Å². The van der Waals surface area contributed by atoms with Crippen LogP contribution < -0.4 is 10.5 Å². The highest BCUT2D eigenvalue weighted by atomic mass is 19.1. The first-order valence-electron chi connectivity index (χ1n) is 5.57. The molecule has 0 spiro atoms. The second-order valence-electron chi connectivity index (χ2n) is 4.04. The molecule has 0 radical (unpaired) electrons. The highest BCUT2D eigenvalue weighted by Crippen LogP contribution is 2.27. The van der Waals surface area contributed by atoms with Crippen LogP contribution in [0.5, 0.6) is 5.75 Å². The predicted octanol–water partition coefficient (Wildman–Crippen LogP) is 3.16. The average molecular weight is 267 g/mol. The largest absolute Gasteiger partial charge is 0.494 e. The summed E-state index contributed by atoms with van der Waals surface area (Å²) in [5.41, 5.74) is 6.51. The Labute approximate surface area is 108 Å². The van der Waals surface area contributed by atoms with Crippen molar-refractivity contribution >= 4 is 0 Å². The summed E-state index contributed by atoms with van der Waals surface area (Å²) in [7, 11) is 1.33. The molecule has 0 amide bonds. The second-order valence-corrected chi connectivity index (χ2v) is 4.04. The number of hydrogen-bond acceptors (Lipinski definition) is 2. The maximum Gasteiger partial charge on any atom is 0.165 e. The summed E-state index contributed by atoms with van der Waals surface area (Å²) in [5.74, 6) is -1.92. The SMILES string of the molecule is COc1cc(C(N)c2ccc(F)cc2F)ccc1F. The van der Waals surface area contributed by atoms with Crippen LogP contribution in [0.25, 0.3) is 0 Å². The van der Waals surface area contributed by atoms with Gasteiger partial charge in [-0.2, -0.15) is 0 Å². The lowest BCUT2D eigenvalue weighted by molar-refractivity contribution is 0.385. The summed E-state index contributed by atoms with van der Waals surface area (Å²) in [6, 6.07) is 6.35. The van der Waals surface area contributed by atoms with E-state index in [2.05, 4.69) is 0 Å². The molecular formula is C14H12F3NO. The van der Waals surface area contributed by atoms with E-state index >= 15 is 0 Å². The van der Waals surface area contributed by atoms with Crippen molar-refractivity contribution in [2.45, 2.75) is 6.04 Å². The molecule has 0 aliphatic rings. The molecule has 2 rings (SSSR count). The summed E-state index contributed by atoms with van der Waals surface area (Å²) >= 11 is 0. The Morgan fingerprint density at radius 3 is 2.37 bits per heavy atom. The highest BCUT2D eigenvalue weighted by Gasteiger charge is 2.16. The Bertz CT molecular complexity index is 601. The van der Waals surface area contributed by atoms with E-state index < -0.39 is 23.5 Å². The molecule has 0 bridgehead atoms. The van der Waals surface area contributed by atoms with Gasteiger partial charge in [0.1, 0.15) is 11.6 Å². The molecule has 2 aromatic carbocycles. The lowest BCUT2D eigenvalue weighted by Crippen LogP contribution is -2.14. The fourth-order valence-corrected chi connectivity index (χ4v) is 1.80. The van der Waals surface area contributed by atoms with Gasteiger partial charge in [0.05, 0.1) is 13.2 Å². The van der Waals surface area contributed by atoms with Crippen molar-refractivity contribution in [1.29, 1.82) is 0 Å². The van der Waals surface area contributed by atoms with Gasteiger partial charge in [0, 0.05) is 11.6 Å². The van der Waals surface area contributed by atoms with E-state index in [0.29, 0.717) is 5.56 Å². The average Bonchev–Trinajstić information content (AvgIpc) is 2.38. The number of nitrogens with two attached hydrogens (primary N) is 1. The van der Waals surface area contributed by atoms with Gasteiger partial charge in [-0.25, -0.2) is 13.2 Å². The summed E-state index contributed by atoms with van der Waals surface area (Å²) in [4.78, 5) is 0. The van der Waals surface area contributed by atoms with Crippen molar-refractivity contribution in [3.05, 3.63) is 65.0 Å². The predicted molar refractivity (Wildman–Crippen MR) is 65.3 cm³/mol. The van der Waals surface area contributed by atoms with E-state index in [1.807, 2.05) is 0 Å². The molecule has 1 atom stereocenters. The first-order chi connectivity index (χ1) is 9.02. The van der Waals surface area contributed by atoms with Gasteiger partial charge in [0.15, 0.2) is 11.6 Å². The molecule has 0 aliphatic carbocycles. The fraction of sp³-hybridized carbons (Fsp3) is 0.143. The Morgan fingerprint density at radius 1 is 1.00 bits per heavy atom. The van der Waals surface area contributed by atoms with Crippen LogP contribution in [0.3, 0.4) is 0 Å². The van der Waals surface area contributed by atoms with E-state index in [4.69, 9.17) is 10.5 Å². The van der Waals surface area contributed by atoms with Gasteiger partial charge < -0.3 is 10.5 Å². The number of methoxy groups -OCH3 is 1. The first-order valence-corrected chi connectivity index (χ1v) is 5.57. The molecule has 5 heteroatoms. The molecule has 2 N–H and O–H groups in total. The topological polar surface area (TPSA) is 35.2 Å². The van der Waals surface area contributed by atoms with Crippen molar-refractivity contribution < 1.29 is 17.9 Å². The van der Waals surface area contributed by atoms with Crippen molar-refractivity contribution in [2.75, 3.05) is 7.11 Å². The quantitative estimate of drug-likeness (QED) is 0.927. The normalized spacial score (nSPS) is 12.3. The molecule has 1 unspecified atom stereocenters. The molecule has 19 heavy (non-hydrogen) atoms. The van der Waals surface area contributed by atoms with Gasteiger partial charge in [-0.15, -0.1) is 0 Å². The maximum atomic E-state index is 13.6. The zero-order valence-corrected chi connectivity index (χ0v) is 10.2. The monoisotopic (exact) mass is 267 g/mol. The van der Waals surface area contributed by atoms with Crippen molar-refractivity contribution in [3.63, 3.8) is 0 Å². The number of halogens is 3. The van der Waals surface area contributed by atoms with Crippen LogP contribution in [-0.4, -0.2) is 7.11 Å². The zero-order valence-electron chi connectivity index (χ0n) is 10.2. The van der Waals surface area contributed by atoms with Crippen LogP contribution in [0.1, 0.15) is 17.2 Å². The van der Waals surface area contributed by atoms with E-state index in [1.165, 1.54) is 31.4 Å². The molecular weight excluding hydrogens is 255 g/mol. The Kier molecular flexibility index (Phi) is 3.76. The lowest BCUT2D eigenvalue weighted by atomic mass is 9.99. The minimum Gasteiger partial charge on any atom is -0.494 e. The van der Waals surface area contributed by atoms with Crippen molar-refractivity contribution in [2.24, 2.45) is 5.73 Å². The summed E-state index contributed by atoms with van der Waals surface area (Å²) in [5, 5.41) is 0. The van der Waals surface area contributed by atoms with E-state index in [9.17, 15) is 13.2 Å². The minimum atomic E-state index is -0.824. The van der Waals surface area contributed by atoms with Crippen molar-refractivity contribution in [3.8, 4) is 5.75 Å². The zero-order chi connectivity index (χ0) is 14.0. The molecule has 0 saturated heterocycles. The van der Waals surface area contributed by atoms with Crippen molar-refractivity contribution in [1.82, 2.24) is 0 Å². The molecule has 2 aromatic rings. The van der Waals surface area contributed by atoms with Crippen LogP contribution in [0.4, 0.5) is 13.2 Å². The van der Waals surface area contributed by atoms with Gasteiger partial charge in [0.25, 0.3) is 0 Å². The molecule has 0 fully saturated rings. The summed E-state index contributed by atoms with van der Waals surface area (Å²) in [6.45, 7) is 0. The molecule has 0 saturated carbocycles. The summed E-state index contributed by atoms with van der Waals surface area (Å²) in [6.07, 6.45) is 0. The second kappa shape index (κ2) is 5.32. The van der Waals surface area contributed by atoms with Gasteiger partial charge in [-0.1, -0.05) is 12.1 Å². The molecule has 0 heterocycles. The minimum absolute atomic E-state index is 0.0236.